The number of furan rings is 1. The van der Waals surface area contributed by atoms with E-state index in [-0.39, 0.29) is 11.9 Å². The quantitative estimate of drug-likeness (QED) is 0.765. The Morgan fingerprint density at radius 2 is 2.07 bits per heavy atom. The second-order valence-electron chi connectivity index (χ2n) is 8.46. The molecule has 4 rings (SSSR count). The fourth-order valence-electron chi connectivity index (χ4n) is 4.60. The molecule has 2 aromatic heterocycles. The van der Waals surface area contributed by atoms with Crippen LogP contribution in [0.3, 0.4) is 0 Å². The summed E-state index contributed by atoms with van der Waals surface area (Å²) >= 11 is 1.67. The number of carbonyl (C=O) groups is 1. The maximum absolute atomic E-state index is 12.9. The van der Waals surface area contributed by atoms with Gasteiger partial charge in [0.2, 0.25) is 0 Å². The second kappa shape index (κ2) is 8.49. The Balaban J connectivity index is 1.41. The van der Waals surface area contributed by atoms with E-state index in [0.29, 0.717) is 37.1 Å². The fraction of sp³-hybridized carbons (Fsp3) is 0.650. The number of hydrogen-bond acceptors (Lipinski definition) is 7. The van der Waals surface area contributed by atoms with Crippen LogP contribution < -0.4 is 0 Å². The van der Waals surface area contributed by atoms with E-state index in [1.54, 1.807) is 17.8 Å². The van der Waals surface area contributed by atoms with Crippen LogP contribution >= 0.6 is 11.8 Å². The molecule has 1 saturated heterocycles. The summed E-state index contributed by atoms with van der Waals surface area (Å²) in [5.74, 6) is 2.62. The zero-order chi connectivity index (χ0) is 20.5. The van der Waals surface area contributed by atoms with E-state index in [9.17, 15) is 9.90 Å². The summed E-state index contributed by atoms with van der Waals surface area (Å²) in [6, 6.07) is 3.56. The first-order chi connectivity index (χ1) is 13.9. The lowest BCUT2D eigenvalue weighted by atomic mass is 9.77. The van der Waals surface area contributed by atoms with Gasteiger partial charge in [0.05, 0.1) is 29.8 Å². The molecule has 9 heteroatoms. The number of aliphatic hydroxyl groups excluding tert-OH is 1. The summed E-state index contributed by atoms with van der Waals surface area (Å²) in [5, 5.41) is 19.2. The standard InChI is InChI=1S/C20H29N5O3S/c1-23(2)10-15-11-25(22-21-15)17-6-13-8-24(9-14(13)7-18(17)26)20(27)19-5-4-16(28-19)12-29-3/h4-5,11,13-14,17-18,26H,6-10,12H2,1-3H3/t13-,14+,17-,18-/m1/s1. The second-order valence-corrected chi connectivity index (χ2v) is 9.33. The number of aromatic nitrogens is 3. The number of carbonyl (C=O) groups excluding carboxylic acids is 1. The van der Waals surface area contributed by atoms with Crippen molar-refractivity contribution in [2.45, 2.75) is 37.3 Å². The first kappa shape index (κ1) is 20.4. The summed E-state index contributed by atoms with van der Waals surface area (Å²) in [6.07, 6.45) is 4.95. The van der Waals surface area contributed by atoms with Gasteiger partial charge in [-0.25, -0.2) is 4.68 Å². The Morgan fingerprint density at radius 3 is 2.79 bits per heavy atom. The van der Waals surface area contributed by atoms with Crippen molar-refractivity contribution in [1.29, 1.82) is 0 Å². The molecule has 29 heavy (non-hydrogen) atoms. The van der Waals surface area contributed by atoms with E-state index in [1.165, 1.54) is 0 Å². The van der Waals surface area contributed by atoms with E-state index in [2.05, 4.69) is 10.3 Å². The smallest absolute Gasteiger partial charge is 0.289 e. The average Bonchev–Trinajstić information content (AvgIpc) is 3.39. The van der Waals surface area contributed by atoms with E-state index in [4.69, 9.17) is 4.42 Å². The number of nitrogens with zero attached hydrogens (tertiary/aromatic N) is 5. The van der Waals surface area contributed by atoms with Gasteiger partial charge in [-0.3, -0.25) is 4.79 Å². The largest absolute Gasteiger partial charge is 0.455 e. The molecule has 0 aromatic carbocycles. The van der Waals surface area contributed by atoms with Crippen molar-refractivity contribution in [1.82, 2.24) is 24.8 Å². The molecule has 158 valence electrons. The monoisotopic (exact) mass is 419 g/mol. The molecule has 1 aliphatic carbocycles. The fourth-order valence-corrected chi connectivity index (χ4v) is 5.04. The minimum Gasteiger partial charge on any atom is -0.455 e. The summed E-state index contributed by atoms with van der Waals surface area (Å²) in [7, 11) is 3.98. The Hall–Kier alpha value is -1.84. The number of hydrogen-bond donors (Lipinski definition) is 1. The molecular weight excluding hydrogens is 390 g/mol. The molecule has 2 fully saturated rings. The van der Waals surface area contributed by atoms with Crippen LogP contribution in [0.2, 0.25) is 0 Å². The molecule has 1 N–H and O–H groups in total. The van der Waals surface area contributed by atoms with Crippen LogP contribution in [0.15, 0.2) is 22.7 Å². The molecule has 0 bridgehead atoms. The van der Waals surface area contributed by atoms with Gasteiger partial charge in [-0.1, -0.05) is 5.21 Å². The Labute approximate surface area is 175 Å². The van der Waals surface area contributed by atoms with Crippen molar-refractivity contribution in [2.24, 2.45) is 11.8 Å². The van der Waals surface area contributed by atoms with E-state index < -0.39 is 6.10 Å². The van der Waals surface area contributed by atoms with Gasteiger partial charge in [0.15, 0.2) is 5.76 Å². The van der Waals surface area contributed by atoms with Crippen LogP contribution in [0.25, 0.3) is 0 Å². The van der Waals surface area contributed by atoms with Crippen molar-refractivity contribution >= 4 is 17.7 Å². The molecule has 0 unspecified atom stereocenters. The first-order valence-electron chi connectivity index (χ1n) is 10.0. The SMILES string of the molecule is CSCc1ccc(C(=O)N2C[C@H]3C[C@@H](n4cc(CN(C)C)nn4)[C@H](O)C[C@H]3C2)o1. The number of rotatable bonds is 6. The van der Waals surface area contributed by atoms with Crippen LogP contribution in [0.5, 0.6) is 0 Å². The van der Waals surface area contributed by atoms with Crippen molar-refractivity contribution in [2.75, 3.05) is 33.4 Å². The zero-order valence-corrected chi connectivity index (χ0v) is 18.0. The van der Waals surface area contributed by atoms with Gasteiger partial charge in [-0.05, 0) is 57.2 Å². The van der Waals surface area contributed by atoms with Crippen molar-refractivity contribution in [3.05, 3.63) is 35.5 Å². The highest BCUT2D eigenvalue weighted by Gasteiger charge is 2.44. The highest BCUT2D eigenvalue weighted by Crippen LogP contribution is 2.41. The highest BCUT2D eigenvalue weighted by molar-refractivity contribution is 7.97. The van der Waals surface area contributed by atoms with Crippen LogP contribution in [-0.4, -0.2) is 75.4 Å². The molecule has 1 amide bonds. The zero-order valence-electron chi connectivity index (χ0n) is 17.2. The van der Waals surface area contributed by atoms with E-state index in [0.717, 1.165) is 30.2 Å². The Morgan fingerprint density at radius 1 is 1.31 bits per heavy atom. The van der Waals surface area contributed by atoms with Gasteiger partial charge in [0, 0.05) is 19.6 Å². The number of amides is 1. The van der Waals surface area contributed by atoms with E-state index >= 15 is 0 Å². The van der Waals surface area contributed by atoms with Crippen LogP contribution in [0.1, 0.15) is 40.9 Å². The van der Waals surface area contributed by atoms with Gasteiger partial charge in [0.1, 0.15) is 5.76 Å². The van der Waals surface area contributed by atoms with E-state index in [1.807, 2.05) is 47.1 Å². The van der Waals surface area contributed by atoms with Gasteiger partial charge in [-0.15, -0.1) is 5.10 Å². The third-order valence-electron chi connectivity index (χ3n) is 5.93. The number of likely N-dealkylation sites (tertiary alicyclic amines) is 1. The van der Waals surface area contributed by atoms with Gasteiger partial charge < -0.3 is 19.3 Å². The topological polar surface area (TPSA) is 87.6 Å². The third-order valence-corrected chi connectivity index (χ3v) is 6.50. The lowest BCUT2D eigenvalue weighted by molar-refractivity contribution is 0.0298. The maximum Gasteiger partial charge on any atom is 0.289 e. The molecule has 1 saturated carbocycles. The molecular formula is C20H29N5O3S. The van der Waals surface area contributed by atoms with Crippen molar-refractivity contribution in [3.8, 4) is 0 Å². The van der Waals surface area contributed by atoms with Crippen LogP contribution in [-0.2, 0) is 12.3 Å². The molecule has 0 radical (unpaired) electrons. The summed E-state index contributed by atoms with van der Waals surface area (Å²) in [4.78, 5) is 16.8. The molecule has 0 spiro atoms. The normalized spacial score (nSPS) is 26.9. The maximum atomic E-state index is 12.9. The van der Waals surface area contributed by atoms with Crippen molar-refractivity contribution < 1.29 is 14.3 Å². The van der Waals surface area contributed by atoms with Crippen LogP contribution in [0, 0.1) is 11.8 Å². The van der Waals surface area contributed by atoms with Gasteiger partial charge in [-0.2, -0.15) is 11.8 Å². The van der Waals surface area contributed by atoms with Crippen molar-refractivity contribution in [3.63, 3.8) is 0 Å². The number of thioether (sulfide) groups is 1. The Kier molecular flexibility index (Phi) is 5.98. The first-order valence-corrected chi connectivity index (χ1v) is 11.4. The average molecular weight is 420 g/mol. The molecule has 8 nitrogen and oxygen atoms in total. The summed E-state index contributed by atoms with van der Waals surface area (Å²) in [6.45, 7) is 2.10. The lowest BCUT2D eigenvalue weighted by Crippen LogP contribution is -2.36. The van der Waals surface area contributed by atoms with Crippen LogP contribution in [0.4, 0.5) is 0 Å². The third kappa shape index (κ3) is 4.36. The highest BCUT2D eigenvalue weighted by atomic mass is 32.2. The number of fused-ring (bicyclic) bond motifs is 1. The molecule has 3 heterocycles. The Bertz CT molecular complexity index is 851. The minimum atomic E-state index is -0.475. The predicted octanol–water partition coefficient (Wildman–Crippen LogP) is 1.88. The minimum absolute atomic E-state index is 0.0492. The van der Waals surface area contributed by atoms with Gasteiger partial charge >= 0.3 is 0 Å². The number of aliphatic hydroxyl groups is 1. The molecule has 2 aromatic rings. The summed E-state index contributed by atoms with van der Waals surface area (Å²) in [5.41, 5.74) is 0.895. The van der Waals surface area contributed by atoms with Gasteiger partial charge in [0.25, 0.3) is 5.91 Å². The molecule has 2 aliphatic rings. The predicted molar refractivity (Wildman–Crippen MR) is 111 cm³/mol. The lowest BCUT2D eigenvalue weighted by Gasteiger charge is -2.34. The molecule has 4 atom stereocenters. The summed E-state index contributed by atoms with van der Waals surface area (Å²) < 4.78 is 7.52. The molecule has 1 aliphatic heterocycles.